The molecule has 1 amide bonds. The van der Waals surface area contributed by atoms with Crippen LogP contribution in [0.15, 0.2) is 18.2 Å². The smallest absolute Gasteiger partial charge is 0.299 e. The minimum atomic E-state index is -0.433. The average Bonchev–Trinajstić information content (AvgIpc) is 2.84. The van der Waals surface area contributed by atoms with Gasteiger partial charge in [0.25, 0.3) is 11.7 Å². The van der Waals surface area contributed by atoms with Gasteiger partial charge in [-0.1, -0.05) is 78.9 Å². The molecule has 0 saturated carbocycles. The van der Waals surface area contributed by atoms with E-state index < -0.39 is 11.7 Å². The molecular weight excluding hydrogens is 402 g/mol. The first-order chi connectivity index (χ1) is 12.1. The Labute approximate surface area is 164 Å². The number of carbonyl (C=O) groups excluding carboxylic acids is 2. The maximum Gasteiger partial charge on any atom is 0.299 e. The topological polar surface area (TPSA) is 37.4 Å². The minimum absolute atomic E-state index is 0.416. The molecular formula is C20H27BrClNO2. The summed E-state index contributed by atoms with van der Waals surface area (Å²) in [4.78, 5) is 25.7. The standard InChI is InChI=1S/C20H27BrClNO2/c21-13-9-7-5-3-1-2-4-6-8-10-14-23-18-12-11-16(22)15-17(18)19(24)20(23)25/h11-12,15H,1-10,13-14H2. The quantitative estimate of drug-likeness (QED) is 0.227. The third-order valence-electron chi connectivity index (χ3n) is 4.70. The molecule has 1 aromatic rings. The number of fused-ring (bicyclic) bond motifs is 1. The number of nitrogens with zero attached hydrogens (tertiary/aromatic N) is 1. The molecule has 0 radical (unpaired) electrons. The van der Waals surface area contributed by atoms with Gasteiger partial charge in [-0.25, -0.2) is 0 Å². The lowest BCUT2D eigenvalue weighted by atomic mass is 10.1. The second-order valence-corrected chi connectivity index (χ2v) is 7.90. The number of rotatable bonds is 12. The van der Waals surface area contributed by atoms with E-state index >= 15 is 0 Å². The van der Waals surface area contributed by atoms with Gasteiger partial charge in [0.1, 0.15) is 0 Å². The summed E-state index contributed by atoms with van der Waals surface area (Å²) in [6, 6.07) is 5.10. The van der Waals surface area contributed by atoms with E-state index in [1.165, 1.54) is 51.4 Å². The number of hydrogen-bond donors (Lipinski definition) is 0. The zero-order chi connectivity index (χ0) is 18.1. The van der Waals surface area contributed by atoms with Crippen molar-refractivity contribution in [1.82, 2.24) is 0 Å². The zero-order valence-electron chi connectivity index (χ0n) is 14.7. The Morgan fingerprint density at radius 1 is 0.840 bits per heavy atom. The fourth-order valence-corrected chi connectivity index (χ4v) is 3.84. The number of halogens is 2. The molecule has 138 valence electrons. The van der Waals surface area contributed by atoms with Crippen molar-refractivity contribution in [3.63, 3.8) is 0 Å². The van der Waals surface area contributed by atoms with E-state index in [0.717, 1.165) is 18.2 Å². The van der Waals surface area contributed by atoms with Gasteiger partial charge in [-0.15, -0.1) is 0 Å². The summed E-state index contributed by atoms with van der Waals surface area (Å²) in [7, 11) is 0. The van der Waals surface area contributed by atoms with Crippen molar-refractivity contribution in [1.29, 1.82) is 0 Å². The predicted octanol–water partition coefficient (Wildman–Crippen LogP) is 6.17. The molecule has 25 heavy (non-hydrogen) atoms. The van der Waals surface area contributed by atoms with Crippen LogP contribution in [-0.4, -0.2) is 23.6 Å². The van der Waals surface area contributed by atoms with Crippen LogP contribution in [0.25, 0.3) is 0 Å². The van der Waals surface area contributed by atoms with Crippen LogP contribution in [0.1, 0.15) is 74.6 Å². The highest BCUT2D eigenvalue weighted by atomic mass is 79.9. The number of ketones is 1. The molecule has 1 aliphatic heterocycles. The molecule has 1 heterocycles. The number of unbranched alkanes of at least 4 members (excludes halogenated alkanes) is 9. The van der Waals surface area contributed by atoms with Gasteiger partial charge in [0.05, 0.1) is 11.3 Å². The van der Waals surface area contributed by atoms with Crippen molar-refractivity contribution in [3.05, 3.63) is 28.8 Å². The predicted molar refractivity (Wildman–Crippen MR) is 108 cm³/mol. The van der Waals surface area contributed by atoms with Gasteiger partial charge in [-0.3, -0.25) is 9.59 Å². The molecule has 0 N–H and O–H groups in total. The molecule has 3 nitrogen and oxygen atoms in total. The van der Waals surface area contributed by atoms with Gasteiger partial charge in [-0.2, -0.15) is 0 Å². The number of hydrogen-bond acceptors (Lipinski definition) is 2. The van der Waals surface area contributed by atoms with Crippen LogP contribution >= 0.6 is 27.5 Å². The number of alkyl halides is 1. The van der Waals surface area contributed by atoms with Crippen LogP contribution < -0.4 is 4.90 Å². The maximum atomic E-state index is 12.1. The zero-order valence-corrected chi connectivity index (χ0v) is 17.1. The van der Waals surface area contributed by atoms with Crippen molar-refractivity contribution in [2.75, 3.05) is 16.8 Å². The Morgan fingerprint density at radius 3 is 2.00 bits per heavy atom. The third-order valence-corrected chi connectivity index (χ3v) is 5.49. The first-order valence-corrected chi connectivity index (χ1v) is 10.9. The van der Waals surface area contributed by atoms with Crippen LogP contribution in [0.2, 0.25) is 5.02 Å². The Morgan fingerprint density at radius 2 is 1.40 bits per heavy atom. The molecule has 5 heteroatoms. The Kier molecular flexibility index (Phi) is 8.97. The molecule has 0 fully saturated rings. The van der Waals surface area contributed by atoms with Crippen LogP contribution in [0.3, 0.4) is 0 Å². The summed E-state index contributed by atoms with van der Waals surface area (Å²) in [5, 5.41) is 1.62. The Balaban J connectivity index is 1.60. The van der Waals surface area contributed by atoms with Crippen molar-refractivity contribution < 1.29 is 9.59 Å². The fraction of sp³-hybridized carbons (Fsp3) is 0.600. The number of benzene rings is 1. The van der Waals surface area contributed by atoms with Gasteiger partial charge in [0, 0.05) is 16.9 Å². The number of Topliss-reactive ketones (excluding diaryl/α,β-unsaturated/α-hetero) is 1. The molecule has 0 aromatic heterocycles. The SMILES string of the molecule is O=C1C(=O)N(CCCCCCCCCCCCBr)c2ccc(Cl)cc21. The lowest BCUT2D eigenvalue weighted by Crippen LogP contribution is -2.30. The van der Waals surface area contributed by atoms with Gasteiger partial charge in [0.15, 0.2) is 0 Å². The normalized spacial score (nSPS) is 13.6. The summed E-state index contributed by atoms with van der Waals surface area (Å²) in [6.07, 6.45) is 12.4. The van der Waals surface area contributed by atoms with Crippen molar-refractivity contribution in [2.24, 2.45) is 0 Å². The Bertz CT molecular complexity index is 591. The van der Waals surface area contributed by atoms with Crippen LogP contribution in [0, 0.1) is 0 Å². The first-order valence-electron chi connectivity index (χ1n) is 9.37. The molecule has 1 aromatic carbocycles. The number of anilines is 1. The highest BCUT2D eigenvalue weighted by molar-refractivity contribution is 9.09. The third kappa shape index (κ3) is 6.10. The number of amides is 1. The molecule has 0 bridgehead atoms. The average molecular weight is 429 g/mol. The van der Waals surface area contributed by atoms with E-state index in [1.54, 1.807) is 23.1 Å². The fourth-order valence-electron chi connectivity index (χ4n) is 3.27. The molecule has 0 aliphatic carbocycles. The highest BCUT2D eigenvalue weighted by Gasteiger charge is 2.35. The first kappa shape index (κ1) is 20.4. The van der Waals surface area contributed by atoms with Gasteiger partial charge in [-0.05, 0) is 31.0 Å². The summed E-state index contributed by atoms with van der Waals surface area (Å²) >= 11 is 9.38. The molecule has 0 saturated heterocycles. The summed E-state index contributed by atoms with van der Waals surface area (Å²) in [6.45, 7) is 0.617. The maximum absolute atomic E-state index is 12.1. The Hall–Kier alpha value is -0.870. The number of carbonyl (C=O) groups is 2. The summed E-state index contributed by atoms with van der Waals surface area (Å²) < 4.78 is 0. The lowest BCUT2D eigenvalue weighted by Gasteiger charge is -2.16. The van der Waals surface area contributed by atoms with E-state index in [-0.39, 0.29) is 0 Å². The monoisotopic (exact) mass is 427 g/mol. The van der Waals surface area contributed by atoms with Crippen LogP contribution in [-0.2, 0) is 4.79 Å². The molecule has 2 rings (SSSR count). The molecule has 0 spiro atoms. The highest BCUT2D eigenvalue weighted by Crippen LogP contribution is 2.31. The largest absolute Gasteiger partial charge is 0.305 e. The summed E-state index contributed by atoms with van der Waals surface area (Å²) in [5.41, 5.74) is 1.15. The van der Waals surface area contributed by atoms with Gasteiger partial charge >= 0.3 is 0 Å². The van der Waals surface area contributed by atoms with Crippen molar-refractivity contribution in [3.8, 4) is 0 Å². The van der Waals surface area contributed by atoms with E-state index in [4.69, 9.17) is 11.6 Å². The molecule has 0 unspecified atom stereocenters. The van der Waals surface area contributed by atoms with E-state index in [2.05, 4.69) is 15.9 Å². The van der Waals surface area contributed by atoms with Crippen molar-refractivity contribution in [2.45, 2.75) is 64.2 Å². The van der Waals surface area contributed by atoms with Crippen molar-refractivity contribution >= 4 is 44.9 Å². The van der Waals surface area contributed by atoms with Gasteiger partial charge < -0.3 is 4.90 Å². The summed E-state index contributed by atoms with van der Waals surface area (Å²) in [5.74, 6) is -0.849. The van der Waals surface area contributed by atoms with Crippen LogP contribution in [0.4, 0.5) is 5.69 Å². The second kappa shape index (κ2) is 11.0. The van der Waals surface area contributed by atoms with Crippen LogP contribution in [0.5, 0.6) is 0 Å². The second-order valence-electron chi connectivity index (χ2n) is 6.67. The van der Waals surface area contributed by atoms with E-state index in [9.17, 15) is 9.59 Å². The van der Waals surface area contributed by atoms with Gasteiger partial charge in [0.2, 0.25) is 0 Å². The molecule has 0 atom stereocenters. The van der Waals surface area contributed by atoms with E-state index in [0.29, 0.717) is 22.8 Å². The van der Waals surface area contributed by atoms with E-state index in [1.807, 2.05) is 0 Å². The molecule has 1 aliphatic rings. The minimum Gasteiger partial charge on any atom is -0.305 e. The lowest BCUT2D eigenvalue weighted by molar-refractivity contribution is -0.114.